The fourth-order valence-corrected chi connectivity index (χ4v) is 4.76. The summed E-state index contributed by atoms with van der Waals surface area (Å²) < 4.78 is 1.58. The lowest BCUT2D eigenvalue weighted by atomic mass is 10.1. The van der Waals surface area contributed by atoms with Gasteiger partial charge >= 0.3 is 0 Å². The lowest BCUT2D eigenvalue weighted by Gasteiger charge is -2.06. The van der Waals surface area contributed by atoms with Crippen LogP contribution in [-0.2, 0) is 0 Å². The Morgan fingerprint density at radius 1 is 1.11 bits per heavy atom. The number of pyridine rings is 1. The molecule has 1 aromatic carbocycles. The molecule has 3 heterocycles. The summed E-state index contributed by atoms with van der Waals surface area (Å²) in [5, 5.41) is 2.79. The molecule has 0 bridgehead atoms. The van der Waals surface area contributed by atoms with E-state index in [9.17, 15) is 4.79 Å². The molecule has 4 nitrogen and oxygen atoms in total. The lowest BCUT2D eigenvalue weighted by molar-refractivity contribution is 0.938. The second-order valence-corrected chi connectivity index (χ2v) is 8.25. The van der Waals surface area contributed by atoms with Crippen molar-refractivity contribution in [2.75, 3.05) is 0 Å². The first-order valence-electron chi connectivity index (χ1n) is 8.49. The summed E-state index contributed by atoms with van der Waals surface area (Å²) >= 11 is 13.9. The van der Waals surface area contributed by atoms with Crippen LogP contribution in [0.1, 0.15) is 29.5 Å². The fraction of sp³-hybridized carbons (Fsp3) is 0.150. The first-order chi connectivity index (χ1) is 13.1. The van der Waals surface area contributed by atoms with Crippen molar-refractivity contribution >= 4 is 39.5 Å². The van der Waals surface area contributed by atoms with Gasteiger partial charge in [-0.15, -0.1) is 11.3 Å². The molecule has 134 valence electrons. The zero-order valence-electron chi connectivity index (χ0n) is 14.0. The molecule has 5 rings (SSSR count). The Labute approximate surface area is 169 Å². The van der Waals surface area contributed by atoms with E-state index >= 15 is 0 Å². The van der Waals surface area contributed by atoms with Gasteiger partial charge in [-0.05, 0) is 41.7 Å². The Morgan fingerprint density at radius 2 is 1.93 bits per heavy atom. The van der Waals surface area contributed by atoms with Crippen molar-refractivity contribution in [2.45, 2.75) is 18.3 Å². The van der Waals surface area contributed by atoms with Crippen LogP contribution in [0.4, 0.5) is 0 Å². The van der Waals surface area contributed by atoms with Crippen molar-refractivity contribution in [3.8, 4) is 11.3 Å². The molecule has 1 aliphatic rings. The third kappa shape index (κ3) is 2.87. The third-order valence-corrected chi connectivity index (χ3v) is 6.37. The number of nitrogens with zero attached hydrogens (tertiary/aromatic N) is 3. The van der Waals surface area contributed by atoms with Gasteiger partial charge in [0.25, 0.3) is 5.56 Å². The van der Waals surface area contributed by atoms with Gasteiger partial charge in [-0.2, -0.15) is 0 Å². The molecule has 0 amide bonds. The van der Waals surface area contributed by atoms with Crippen LogP contribution < -0.4 is 5.56 Å². The smallest absolute Gasteiger partial charge is 0.267 e. The number of benzene rings is 1. The highest BCUT2D eigenvalue weighted by Gasteiger charge is 2.43. The van der Waals surface area contributed by atoms with E-state index in [1.165, 1.54) is 11.3 Å². The van der Waals surface area contributed by atoms with E-state index < -0.39 is 0 Å². The summed E-state index contributed by atoms with van der Waals surface area (Å²) in [7, 11) is 0. The molecule has 0 aliphatic heterocycles. The predicted molar refractivity (Wildman–Crippen MR) is 109 cm³/mol. The molecule has 0 saturated heterocycles. The Kier molecular flexibility index (Phi) is 4.04. The minimum atomic E-state index is -0.222. The Balaban J connectivity index is 1.59. The fourth-order valence-electron chi connectivity index (χ4n) is 3.47. The topological polar surface area (TPSA) is 47.3 Å². The summed E-state index contributed by atoms with van der Waals surface area (Å²) in [5.74, 6) is 0.488. The van der Waals surface area contributed by atoms with Gasteiger partial charge in [0.15, 0.2) is 4.96 Å². The number of aromatic nitrogens is 3. The molecule has 0 N–H and O–H groups in total. The van der Waals surface area contributed by atoms with E-state index in [1.54, 1.807) is 22.7 Å². The van der Waals surface area contributed by atoms with Crippen molar-refractivity contribution in [3.63, 3.8) is 0 Å². The molecular formula is C20H13Cl2N3OS. The summed E-state index contributed by atoms with van der Waals surface area (Å²) in [6, 6.07) is 11.4. The van der Waals surface area contributed by atoms with Gasteiger partial charge in [-0.1, -0.05) is 41.4 Å². The second kappa shape index (κ2) is 6.44. The Hall–Kier alpha value is -2.21. The van der Waals surface area contributed by atoms with Gasteiger partial charge < -0.3 is 0 Å². The van der Waals surface area contributed by atoms with Gasteiger partial charge in [0, 0.05) is 28.7 Å². The first kappa shape index (κ1) is 16.9. The molecule has 3 aromatic heterocycles. The SMILES string of the molecule is O=c1c(Cl)c([C@@H]2C[C@H]2c2cccnc2)nc2scc(-c3ccc(Cl)cc3)n12. The molecule has 1 saturated carbocycles. The van der Waals surface area contributed by atoms with Crippen LogP contribution in [0.2, 0.25) is 10.0 Å². The van der Waals surface area contributed by atoms with Gasteiger partial charge in [0.2, 0.25) is 0 Å². The molecule has 0 spiro atoms. The third-order valence-electron chi connectivity index (χ3n) is 4.93. The quantitative estimate of drug-likeness (QED) is 0.451. The van der Waals surface area contributed by atoms with E-state index in [4.69, 9.17) is 28.2 Å². The van der Waals surface area contributed by atoms with Gasteiger partial charge in [-0.25, -0.2) is 9.38 Å². The summed E-state index contributed by atoms with van der Waals surface area (Å²) in [4.78, 5) is 22.6. The lowest BCUT2D eigenvalue weighted by Crippen LogP contribution is -2.17. The van der Waals surface area contributed by atoms with Crippen molar-refractivity contribution in [1.29, 1.82) is 0 Å². The summed E-state index contributed by atoms with van der Waals surface area (Å²) in [6.07, 6.45) is 4.56. The molecule has 0 unspecified atom stereocenters. The van der Waals surface area contributed by atoms with Crippen molar-refractivity contribution < 1.29 is 0 Å². The average molecular weight is 414 g/mol. The zero-order valence-corrected chi connectivity index (χ0v) is 16.3. The highest BCUT2D eigenvalue weighted by molar-refractivity contribution is 7.15. The van der Waals surface area contributed by atoms with E-state index in [2.05, 4.69) is 11.1 Å². The second-order valence-electron chi connectivity index (χ2n) is 6.60. The highest BCUT2D eigenvalue weighted by Crippen LogP contribution is 2.55. The highest BCUT2D eigenvalue weighted by atomic mass is 35.5. The summed E-state index contributed by atoms with van der Waals surface area (Å²) in [6.45, 7) is 0. The summed E-state index contributed by atoms with van der Waals surface area (Å²) in [5.41, 5.74) is 3.31. The van der Waals surface area contributed by atoms with Crippen LogP contribution in [0.3, 0.4) is 0 Å². The zero-order chi connectivity index (χ0) is 18.5. The molecule has 2 atom stereocenters. The van der Waals surface area contributed by atoms with E-state index in [0.29, 0.717) is 21.6 Å². The maximum Gasteiger partial charge on any atom is 0.278 e. The van der Waals surface area contributed by atoms with E-state index in [-0.39, 0.29) is 16.5 Å². The Morgan fingerprint density at radius 3 is 2.67 bits per heavy atom. The molecule has 1 aliphatic carbocycles. The molecule has 27 heavy (non-hydrogen) atoms. The maximum absolute atomic E-state index is 13.0. The number of hydrogen-bond acceptors (Lipinski definition) is 4. The number of halogens is 2. The normalized spacial score (nSPS) is 18.7. The van der Waals surface area contributed by atoms with E-state index in [0.717, 1.165) is 23.2 Å². The standard InChI is InChI=1S/C20H13Cl2N3OS/c21-13-5-3-11(4-6-13)16-10-27-20-24-18(17(22)19(26)25(16)20)15-8-14(15)12-2-1-7-23-9-12/h1-7,9-10,14-15H,8H2/t14-,15+/m0/s1. The van der Waals surface area contributed by atoms with Crippen LogP contribution in [0, 0.1) is 0 Å². The van der Waals surface area contributed by atoms with Gasteiger partial charge in [0.05, 0.1) is 11.4 Å². The molecule has 1 fully saturated rings. The number of rotatable bonds is 3. The van der Waals surface area contributed by atoms with Crippen molar-refractivity contribution in [2.24, 2.45) is 0 Å². The van der Waals surface area contributed by atoms with E-state index in [1.807, 2.05) is 29.8 Å². The monoisotopic (exact) mass is 413 g/mol. The Bertz CT molecular complexity index is 1200. The minimum absolute atomic E-state index is 0.167. The van der Waals surface area contributed by atoms with Crippen LogP contribution in [0.5, 0.6) is 0 Å². The van der Waals surface area contributed by atoms with Gasteiger partial charge in [0.1, 0.15) is 5.02 Å². The van der Waals surface area contributed by atoms with Crippen molar-refractivity contribution in [1.82, 2.24) is 14.4 Å². The van der Waals surface area contributed by atoms with Crippen LogP contribution in [0.15, 0.2) is 59.0 Å². The number of hydrogen-bond donors (Lipinski definition) is 0. The van der Waals surface area contributed by atoms with Crippen molar-refractivity contribution in [3.05, 3.63) is 85.8 Å². The van der Waals surface area contributed by atoms with Gasteiger partial charge in [-0.3, -0.25) is 9.78 Å². The molecular weight excluding hydrogens is 401 g/mol. The average Bonchev–Trinajstić information content (AvgIpc) is 3.38. The van der Waals surface area contributed by atoms with Crippen LogP contribution in [-0.4, -0.2) is 14.4 Å². The first-order valence-corrected chi connectivity index (χ1v) is 10.1. The van der Waals surface area contributed by atoms with Crippen LogP contribution >= 0.6 is 34.5 Å². The maximum atomic E-state index is 13.0. The molecule has 7 heteroatoms. The molecule has 0 radical (unpaired) electrons. The number of fused-ring (bicyclic) bond motifs is 1. The largest absolute Gasteiger partial charge is 0.278 e. The minimum Gasteiger partial charge on any atom is -0.267 e. The molecule has 4 aromatic rings. The van der Waals surface area contributed by atoms with Crippen LogP contribution in [0.25, 0.3) is 16.2 Å². The predicted octanol–water partition coefficient (Wildman–Crippen LogP) is 5.40. The number of thiazole rings is 1.